The summed E-state index contributed by atoms with van der Waals surface area (Å²) in [7, 11) is 5.35. The van der Waals surface area contributed by atoms with E-state index in [9.17, 15) is 0 Å². The van der Waals surface area contributed by atoms with Crippen molar-refractivity contribution in [2.75, 3.05) is 6.06 Å². The Balaban J connectivity index is 2.30. The fourth-order valence-electron chi connectivity index (χ4n) is 0. The van der Waals surface area contributed by atoms with Gasteiger partial charge in [0.1, 0.15) is 0 Å². The summed E-state index contributed by atoms with van der Waals surface area (Å²) in [4.78, 5) is 0. The van der Waals surface area contributed by atoms with E-state index in [1.807, 2.05) is 0 Å². The van der Waals surface area contributed by atoms with Crippen LogP contribution in [-0.2, 0) is 0 Å². The minimum atomic E-state index is 0.458. The largest absolute Gasteiger partial charge is 0.285 e. The van der Waals surface area contributed by atoms with Crippen molar-refractivity contribution in [1.29, 1.82) is 5.16 Å². The molecule has 4 heavy (non-hydrogen) atoms. The Kier molecular flexibility index (Phi) is 3.30. The van der Waals surface area contributed by atoms with E-state index in [4.69, 9.17) is 13.0 Å². The van der Waals surface area contributed by atoms with Gasteiger partial charge in [-0.1, -0.05) is 0 Å². The molecule has 0 saturated heterocycles. The smallest absolute Gasteiger partial charge is 0.0794 e. The lowest BCUT2D eigenvalue weighted by atomic mass is 10.2. The van der Waals surface area contributed by atoms with Crippen molar-refractivity contribution in [3.8, 4) is 0 Å². The molecule has 0 aliphatic rings. The maximum atomic E-state index is 6.30. The predicted octanol–water partition coefficient (Wildman–Crippen LogP) is 0.821. The first kappa shape index (κ1) is 4.16. The second kappa shape index (κ2) is 3.16. The Morgan fingerprint density at radius 2 is 2.25 bits per heavy atom. The van der Waals surface area contributed by atoms with Crippen LogP contribution in [0.25, 0.3) is 0 Å². The van der Waals surface area contributed by atoms with Crippen LogP contribution in [0.5, 0.6) is 0 Å². The van der Waals surface area contributed by atoms with E-state index in [2.05, 4.69) is 0 Å². The number of hydrogen-bond donors (Lipinski definition) is 1. The SMILES string of the molecule is [B]CP=N. The summed E-state index contributed by atoms with van der Waals surface area (Å²) in [6, 6.07) is 0.458. The average molecular weight is 70.8 g/mol. The van der Waals surface area contributed by atoms with Crippen molar-refractivity contribution in [1.82, 2.24) is 0 Å². The summed E-state index contributed by atoms with van der Waals surface area (Å²) in [5, 5.41) is 6.30. The molecule has 0 atom stereocenters. The number of hydrogen-bond acceptors (Lipinski definition) is 1. The van der Waals surface area contributed by atoms with E-state index in [0.29, 0.717) is 14.4 Å². The first-order chi connectivity index (χ1) is 1.91. The van der Waals surface area contributed by atoms with E-state index in [1.54, 1.807) is 0 Å². The van der Waals surface area contributed by atoms with E-state index in [0.717, 1.165) is 0 Å². The van der Waals surface area contributed by atoms with Gasteiger partial charge in [-0.2, -0.15) is 0 Å². The quantitative estimate of drug-likeness (QED) is 0.349. The lowest BCUT2D eigenvalue weighted by Crippen LogP contribution is -1.54. The van der Waals surface area contributed by atoms with Crippen LogP contribution in [0.4, 0.5) is 0 Å². The lowest BCUT2D eigenvalue weighted by Gasteiger charge is -1.54. The topological polar surface area (TPSA) is 23.9 Å². The molecule has 0 fully saturated rings. The van der Waals surface area contributed by atoms with Crippen LogP contribution in [0.15, 0.2) is 0 Å². The van der Waals surface area contributed by atoms with Crippen LogP contribution in [0, 0.1) is 5.16 Å². The van der Waals surface area contributed by atoms with Gasteiger partial charge in [0.05, 0.1) is 7.85 Å². The molecule has 0 heterocycles. The molecule has 1 nitrogen and oxygen atoms in total. The minimum Gasteiger partial charge on any atom is -0.285 e. The molecular formula is CH3BNP. The highest BCUT2D eigenvalue weighted by Crippen LogP contribution is 1.80. The second-order valence-electron chi connectivity index (χ2n) is 0.341. The zero-order valence-electron chi connectivity index (χ0n) is 2.23. The van der Waals surface area contributed by atoms with Crippen LogP contribution >= 0.6 is 8.37 Å². The van der Waals surface area contributed by atoms with Crippen molar-refractivity contribution in [2.45, 2.75) is 0 Å². The highest BCUT2D eigenvalue weighted by Gasteiger charge is 1.49. The molecule has 0 aromatic carbocycles. The molecule has 0 spiro atoms. The van der Waals surface area contributed by atoms with Gasteiger partial charge in [0.15, 0.2) is 0 Å². The van der Waals surface area contributed by atoms with Crippen molar-refractivity contribution >= 4 is 16.2 Å². The standard InChI is InChI=1S/CH3BNP/c2-1-4-3/h3H,1H2. The lowest BCUT2D eigenvalue weighted by molar-refractivity contribution is 1.64. The van der Waals surface area contributed by atoms with Gasteiger partial charge in [0.25, 0.3) is 0 Å². The van der Waals surface area contributed by atoms with Gasteiger partial charge in [0, 0.05) is 0 Å². The maximum Gasteiger partial charge on any atom is 0.0794 e. The van der Waals surface area contributed by atoms with Crippen LogP contribution in [0.3, 0.4) is 0 Å². The maximum absolute atomic E-state index is 6.30. The Labute approximate surface area is 28.5 Å². The number of rotatable bonds is 1. The van der Waals surface area contributed by atoms with Crippen LogP contribution in [0.2, 0.25) is 0 Å². The molecule has 0 aliphatic heterocycles. The first-order valence-corrected chi connectivity index (χ1v) is 2.03. The first-order valence-electron chi connectivity index (χ1n) is 0.948. The number of nitrogens with one attached hydrogen (secondary N) is 1. The van der Waals surface area contributed by atoms with Gasteiger partial charge in [-0.05, 0) is 14.4 Å². The summed E-state index contributed by atoms with van der Waals surface area (Å²) in [6.45, 7) is 0. The van der Waals surface area contributed by atoms with Gasteiger partial charge in [0.2, 0.25) is 0 Å². The summed E-state index contributed by atoms with van der Waals surface area (Å²) >= 11 is 0. The molecule has 0 saturated carbocycles. The third-order valence-corrected chi connectivity index (χ3v) is 0.274. The molecule has 0 aromatic heterocycles. The molecular weight excluding hydrogens is 67.8 g/mol. The Morgan fingerprint density at radius 3 is 2.25 bits per heavy atom. The summed E-state index contributed by atoms with van der Waals surface area (Å²) in [5.41, 5.74) is 0. The fourth-order valence-corrected chi connectivity index (χ4v) is 0. The van der Waals surface area contributed by atoms with Crippen molar-refractivity contribution in [3.63, 3.8) is 0 Å². The fraction of sp³-hybridized carbons (Fsp3) is 1.00. The molecule has 0 rings (SSSR count). The molecule has 0 aromatic rings. The zero-order chi connectivity index (χ0) is 3.41. The highest BCUT2D eigenvalue weighted by atomic mass is 31.1. The summed E-state index contributed by atoms with van der Waals surface area (Å²) in [5.74, 6) is 0. The second-order valence-corrected chi connectivity index (χ2v) is 1.02. The van der Waals surface area contributed by atoms with Crippen molar-refractivity contribution < 1.29 is 0 Å². The minimum absolute atomic E-state index is 0.458. The molecule has 0 unspecified atom stereocenters. The van der Waals surface area contributed by atoms with E-state index in [1.165, 1.54) is 0 Å². The van der Waals surface area contributed by atoms with E-state index < -0.39 is 0 Å². The van der Waals surface area contributed by atoms with E-state index >= 15 is 0 Å². The van der Waals surface area contributed by atoms with Gasteiger partial charge in [-0.15, -0.1) is 0 Å². The van der Waals surface area contributed by atoms with Gasteiger partial charge >= 0.3 is 0 Å². The van der Waals surface area contributed by atoms with Gasteiger partial charge in [-0.25, -0.2) is 0 Å². The third kappa shape index (κ3) is 2.16. The molecule has 0 amide bonds. The molecule has 1 N–H and O–H groups in total. The van der Waals surface area contributed by atoms with Crippen LogP contribution < -0.4 is 0 Å². The Morgan fingerprint density at radius 1 is 2.00 bits per heavy atom. The van der Waals surface area contributed by atoms with Crippen LogP contribution in [-0.4, -0.2) is 13.9 Å². The van der Waals surface area contributed by atoms with Crippen LogP contribution in [0.1, 0.15) is 0 Å². The Hall–Kier alpha value is 0.165. The normalized spacial score (nSPS) is 8.00. The molecule has 0 bridgehead atoms. The highest BCUT2D eigenvalue weighted by molar-refractivity contribution is 7.27. The van der Waals surface area contributed by atoms with Crippen molar-refractivity contribution in [3.05, 3.63) is 0 Å². The van der Waals surface area contributed by atoms with E-state index in [-0.39, 0.29) is 0 Å². The monoisotopic (exact) mass is 71.0 g/mol. The summed E-state index contributed by atoms with van der Waals surface area (Å²) < 4.78 is 0. The molecule has 3 heteroatoms. The molecule has 0 aliphatic carbocycles. The Bertz CT molecular complexity index is 22.0. The van der Waals surface area contributed by atoms with Gasteiger partial charge < -0.3 is 0 Å². The zero-order valence-corrected chi connectivity index (χ0v) is 3.13. The third-order valence-electron chi connectivity index (χ3n) is 0.0913. The molecule has 2 radical (unpaired) electrons. The molecule has 20 valence electrons. The predicted molar refractivity (Wildman–Crippen MR) is 20.3 cm³/mol. The van der Waals surface area contributed by atoms with Crippen molar-refractivity contribution in [2.24, 2.45) is 0 Å². The summed E-state index contributed by atoms with van der Waals surface area (Å²) in [6.07, 6.45) is 0. The van der Waals surface area contributed by atoms with Gasteiger partial charge in [-0.3, -0.25) is 5.16 Å². The average Bonchev–Trinajstić information content (AvgIpc) is 1.37.